The second-order valence-corrected chi connectivity index (χ2v) is 7.51. The Kier molecular flexibility index (Phi) is 4.97. The minimum absolute atomic E-state index is 0.0852. The van der Waals surface area contributed by atoms with E-state index in [9.17, 15) is 4.79 Å². The average molecular weight is 326 g/mol. The molecular formula is C20H26N2O2. The van der Waals surface area contributed by atoms with E-state index in [2.05, 4.69) is 31.1 Å². The molecule has 1 heterocycles. The molecule has 24 heavy (non-hydrogen) atoms. The fourth-order valence-corrected chi connectivity index (χ4v) is 2.24. The second-order valence-electron chi connectivity index (χ2n) is 7.51. The number of nitrogens with one attached hydrogen (secondary N) is 1. The molecule has 2 aromatic rings. The Morgan fingerprint density at radius 1 is 1.04 bits per heavy atom. The number of aryl methyl sites for hydroxylation is 1. The SMILES string of the molecule is Cc1cccnc1NC(=O)C(C)(C)Oc1ccc(C(C)(C)C)cc1. The number of nitrogens with zero attached hydrogens (tertiary/aromatic N) is 1. The Bertz CT molecular complexity index is 713. The average Bonchev–Trinajstić information content (AvgIpc) is 2.48. The first-order chi connectivity index (χ1) is 11.1. The normalized spacial score (nSPS) is 11.9. The van der Waals surface area contributed by atoms with Gasteiger partial charge in [0.05, 0.1) is 0 Å². The zero-order valence-electron chi connectivity index (χ0n) is 15.3. The molecular weight excluding hydrogens is 300 g/mol. The molecule has 128 valence electrons. The summed E-state index contributed by atoms with van der Waals surface area (Å²) < 4.78 is 5.90. The highest BCUT2D eigenvalue weighted by atomic mass is 16.5. The van der Waals surface area contributed by atoms with Crippen molar-refractivity contribution in [2.75, 3.05) is 5.32 Å². The third-order valence-corrected chi connectivity index (χ3v) is 3.88. The number of anilines is 1. The van der Waals surface area contributed by atoms with Crippen molar-refractivity contribution in [2.24, 2.45) is 0 Å². The molecule has 1 amide bonds. The molecule has 0 aliphatic carbocycles. The zero-order valence-corrected chi connectivity index (χ0v) is 15.3. The van der Waals surface area contributed by atoms with E-state index < -0.39 is 5.60 Å². The molecule has 4 heteroatoms. The Morgan fingerprint density at radius 2 is 1.67 bits per heavy atom. The molecule has 0 saturated carbocycles. The summed E-state index contributed by atoms with van der Waals surface area (Å²) in [5, 5.41) is 2.83. The highest BCUT2D eigenvalue weighted by molar-refractivity contribution is 5.96. The van der Waals surface area contributed by atoms with Gasteiger partial charge in [-0.25, -0.2) is 4.98 Å². The Hall–Kier alpha value is -2.36. The van der Waals surface area contributed by atoms with E-state index >= 15 is 0 Å². The molecule has 1 N–H and O–H groups in total. The van der Waals surface area contributed by atoms with Crippen LogP contribution in [0.4, 0.5) is 5.82 Å². The standard InChI is InChI=1S/C20H26N2O2/c1-14-8-7-13-21-17(14)22-18(23)20(5,6)24-16-11-9-15(10-12-16)19(2,3)4/h7-13H,1-6H3,(H,21,22,23). The largest absolute Gasteiger partial charge is 0.478 e. The van der Waals surface area contributed by atoms with Crippen LogP contribution in [0.2, 0.25) is 0 Å². The molecule has 0 bridgehead atoms. The van der Waals surface area contributed by atoms with Crippen LogP contribution in [0.15, 0.2) is 42.6 Å². The lowest BCUT2D eigenvalue weighted by molar-refractivity contribution is -0.128. The topological polar surface area (TPSA) is 51.2 Å². The quantitative estimate of drug-likeness (QED) is 0.901. The molecule has 1 aromatic carbocycles. The Balaban J connectivity index is 2.10. The third kappa shape index (κ3) is 4.34. The lowest BCUT2D eigenvalue weighted by atomic mass is 9.87. The van der Waals surface area contributed by atoms with Crippen molar-refractivity contribution in [1.82, 2.24) is 4.98 Å². The lowest BCUT2D eigenvalue weighted by Crippen LogP contribution is -2.42. The first-order valence-electron chi connectivity index (χ1n) is 8.12. The van der Waals surface area contributed by atoms with Crippen LogP contribution in [-0.2, 0) is 10.2 Å². The van der Waals surface area contributed by atoms with Gasteiger partial charge in [0.15, 0.2) is 5.60 Å². The third-order valence-electron chi connectivity index (χ3n) is 3.88. The Morgan fingerprint density at radius 3 is 2.21 bits per heavy atom. The molecule has 0 radical (unpaired) electrons. The molecule has 0 saturated heterocycles. The Labute approximate surface area is 144 Å². The molecule has 2 rings (SSSR count). The number of carbonyl (C=O) groups excluding carboxylic acids is 1. The van der Waals surface area contributed by atoms with E-state index in [1.807, 2.05) is 43.3 Å². The zero-order chi connectivity index (χ0) is 18.0. The van der Waals surface area contributed by atoms with Gasteiger partial charge in [-0.15, -0.1) is 0 Å². The van der Waals surface area contributed by atoms with Crippen LogP contribution in [0.1, 0.15) is 45.7 Å². The van der Waals surface area contributed by atoms with Gasteiger partial charge >= 0.3 is 0 Å². The van der Waals surface area contributed by atoms with Gasteiger partial charge in [-0.2, -0.15) is 0 Å². The van der Waals surface area contributed by atoms with E-state index in [0.29, 0.717) is 11.6 Å². The van der Waals surface area contributed by atoms with Gasteiger partial charge in [0, 0.05) is 6.20 Å². The molecule has 0 fully saturated rings. The molecule has 0 spiro atoms. The maximum atomic E-state index is 12.5. The molecule has 4 nitrogen and oxygen atoms in total. The molecule has 0 aliphatic heterocycles. The predicted octanol–water partition coefficient (Wildman–Crippen LogP) is 4.48. The summed E-state index contributed by atoms with van der Waals surface area (Å²) in [4.78, 5) is 16.7. The van der Waals surface area contributed by atoms with E-state index in [-0.39, 0.29) is 11.3 Å². The monoisotopic (exact) mass is 326 g/mol. The summed E-state index contributed by atoms with van der Waals surface area (Å²) in [6.07, 6.45) is 1.65. The number of hydrogen-bond donors (Lipinski definition) is 1. The number of hydrogen-bond acceptors (Lipinski definition) is 3. The number of carbonyl (C=O) groups is 1. The van der Waals surface area contributed by atoms with Crippen LogP contribution in [0.5, 0.6) is 5.75 Å². The predicted molar refractivity (Wildman–Crippen MR) is 97.5 cm³/mol. The van der Waals surface area contributed by atoms with Gasteiger partial charge in [-0.05, 0) is 55.5 Å². The van der Waals surface area contributed by atoms with E-state index in [4.69, 9.17) is 4.74 Å². The van der Waals surface area contributed by atoms with Crippen molar-refractivity contribution in [2.45, 2.75) is 52.6 Å². The lowest BCUT2D eigenvalue weighted by Gasteiger charge is -2.26. The number of pyridine rings is 1. The number of amides is 1. The number of rotatable bonds is 4. The summed E-state index contributed by atoms with van der Waals surface area (Å²) in [6, 6.07) is 11.6. The number of benzene rings is 1. The van der Waals surface area contributed by atoms with Crippen LogP contribution >= 0.6 is 0 Å². The minimum Gasteiger partial charge on any atom is -0.478 e. The van der Waals surface area contributed by atoms with Crippen molar-refractivity contribution in [3.05, 3.63) is 53.7 Å². The van der Waals surface area contributed by atoms with Gasteiger partial charge in [0.1, 0.15) is 11.6 Å². The van der Waals surface area contributed by atoms with Crippen molar-refractivity contribution in [3.63, 3.8) is 0 Å². The van der Waals surface area contributed by atoms with E-state index in [1.54, 1.807) is 20.0 Å². The van der Waals surface area contributed by atoms with Crippen LogP contribution < -0.4 is 10.1 Å². The molecule has 0 aliphatic rings. The maximum absolute atomic E-state index is 12.5. The molecule has 0 unspecified atom stereocenters. The van der Waals surface area contributed by atoms with Crippen molar-refractivity contribution in [1.29, 1.82) is 0 Å². The maximum Gasteiger partial charge on any atom is 0.269 e. The first-order valence-corrected chi connectivity index (χ1v) is 8.12. The minimum atomic E-state index is -1.01. The first kappa shape index (κ1) is 18.0. The van der Waals surface area contributed by atoms with Gasteiger partial charge in [-0.1, -0.05) is 39.0 Å². The van der Waals surface area contributed by atoms with Crippen LogP contribution in [0.25, 0.3) is 0 Å². The summed E-state index contributed by atoms with van der Waals surface area (Å²) >= 11 is 0. The summed E-state index contributed by atoms with van der Waals surface area (Å²) in [7, 11) is 0. The fraction of sp³-hybridized carbons (Fsp3) is 0.400. The van der Waals surface area contributed by atoms with Gasteiger partial charge < -0.3 is 10.1 Å². The second kappa shape index (κ2) is 6.63. The molecule has 0 atom stereocenters. The van der Waals surface area contributed by atoms with Gasteiger partial charge in [-0.3, -0.25) is 4.79 Å². The highest BCUT2D eigenvalue weighted by Crippen LogP contribution is 2.26. The van der Waals surface area contributed by atoms with Gasteiger partial charge in [0.2, 0.25) is 0 Å². The van der Waals surface area contributed by atoms with E-state index in [0.717, 1.165) is 5.56 Å². The van der Waals surface area contributed by atoms with Crippen molar-refractivity contribution in [3.8, 4) is 5.75 Å². The van der Waals surface area contributed by atoms with Crippen LogP contribution in [-0.4, -0.2) is 16.5 Å². The molecule has 1 aromatic heterocycles. The number of aromatic nitrogens is 1. The van der Waals surface area contributed by atoms with Crippen LogP contribution in [0.3, 0.4) is 0 Å². The summed E-state index contributed by atoms with van der Waals surface area (Å²) in [6.45, 7) is 11.9. The smallest absolute Gasteiger partial charge is 0.269 e. The van der Waals surface area contributed by atoms with Gasteiger partial charge in [0.25, 0.3) is 5.91 Å². The number of ether oxygens (including phenoxy) is 1. The van der Waals surface area contributed by atoms with Crippen molar-refractivity contribution >= 4 is 11.7 Å². The summed E-state index contributed by atoms with van der Waals surface area (Å²) in [5.74, 6) is 0.993. The fourth-order valence-electron chi connectivity index (χ4n) is 2.24. The van der Waals surface area contributed by atoms with Crippen molar-refractivity contribution < 1.29 is 9.53 Å². The van der Waals surface area contributed by atoms with Crippen LogP contribution in [0, 0.1) is 6.92 Å². The summed E-state index contributed by atoms with van der Waals surface area (Å²) in [5.41, 5.74) is 1.21. The van der Waals surface area contributed by atoms with E-state index in [1.165, 1.54) is 5.56 Å². The highest BCUT2D eigenvalue weighted by Gasteiger charge is 2.30.